The molecule has 2 amide bonds. The summed E-state index contributed by atoms with van der Waals surface area (Å²) in [5, 5.41) is 12.8. The summed E-state index contributed by atoms with van der Waals surface area (Å²) < 4.78 is 5.05. The number of anilines is 2. The summed E-state index contributed by atoms with van der Waals surface area (Å²) >= 11 is 0. The molecule has 178 valence electrons. The first-order chi connectivity index (χ1) is 16.4. The summed E-state index contributed by atoms with van der Waals surface area (Å²) in [6, 6.07) is 12.0. The Labute approximate surface area is 200 Å². The van der Waals surface area contributed by atoms with E-state index in [2.05, 4.69) is 16.3 Å². The second-order valence-corrected chi connectivity index (χ2v) is 9.07. The molecule has 0 bridgehead atoms. The average Bonchev–Trinajstić information content (AvgIpc) is 3.67. The number of hydrogen-bond acceptors (Lipinski definition) is 6. The van der Waals surface area contributed by atoms with Crippen molar-refractivity contribution in [2.24, 2.45) is 0 Å². The van der Waals surface area contributed by atoms with Crippen molar-refractivity contribution in [2.75, 3.05) is 43.6 Å². The molecule has 2 fully saturated rings. The molecular formula is C26H31N5O3. The number of nitrogens with zero attached hydrogens (tertiary/aromatic N) is 4. The molecular weight excluding hydrogens is 430 g/mol. The third-order valence-electron chi connectivity index (χ3n) is 6.38. The van der Waals surface area contributed by atoms with Gasteiger partial charge in [-0.1, -0.05) is 12.1 Å². The van der Waals surface area contributed by atoms with E-state index in [1.54, 1.807) is 7.11 Å². The summed E-state index contributed by atoms with van der Waals surface area (Å²) in [6.45, 7) is 5.79. The highest BCUT2D eigenvalue weighted by Gasteiger charge is 2.33. The highest BCUT2D eigenvalue weighted by molar-refractivity contribution is 5.89. The van der Waals surface area contributed by atoms with Crippen LogP contribution >= 0.6 is 0 Å². The van der Waals surface area contributed by atoms with Gasteiger partial charge in [0.25, 0.3) is 0 Å². The van der Waals surface area contributed by atoms with E-state index in [4.69, 9.17) is 9.72 Å². The molecule has 1 saturated heterocycles. The number of ether oxygens (including phenoxy) is 1. The zero-order chi connectivity index (χ0) is 24.2. The molecule has 0 radical (unpaired) electrons. The van der Waals surface area contributed by atoms with Crippen LogP contribution in [0.2, 0.25) is 0 Å². The van der Waals surface area contributed by atoms with Gasteiger partial charge in [-0.05, 0) is 43.5 Å². The van der Waals surface area contributed by atoms with Crippen molar-refractivity contribution < 1.29 is 14.3 Å². The van der Waals surface area contributed by atoms with Crippen molar-refractivity contribution in [1.82, 2.24) is 9.88 Å². The molecule has 34 heavy (non-hydrogen) atoms. The Morgan fingerprint density at radius 3 is 2.71 bits per heavy atom. The minimum absolute atomic E-state index is 0.0184. The second kappa shape index (κ2) is 10.2. The van der Waals surface area contributed by atoms with Gasteiger partial charge in [0.15, 0.2) is 0 Å². The van der Waals surface area contributed by atoms with Crippen molar-refractivity contribution in [2.45, 2.75) is 45.1 Å². The average molecular weight is 462 g/mol. The molecule has 1 aliphatic carbocycles. The van der Waals surface area contributed by atoms with E-state index in [1.807, 2.05) is 42.2 Å². The Bertz CT molecular complexity index is 1120. The molecule has 0 spiro atoms. The fourth-order valence-corrected chi connectivity index (χ4v) is 4.56. The van der Waals surface area contributed by atoms with Gasteiger partial charge in [0.05, 0.1) is 24.3 Å². The monoisotopic (exact) mass is 461 g/mol. The fourth-order valence-electron chi connectivity index (χ4n) is 4.56. The standard InChI is InChI=1S/C26H31N5O3/c1-17-16-30(10-11-31(17)24(33)9-12-34-3)26-21(15-27)14-23(25(29-26)19-7-8-19)20-5-4-6-22(13-20)28-18(2)32/h4-6,13-14,17,19H,7-12,16H2,1-3H3,(H,28,32)/t17-/m1/s1. The van der Waals surface area contributed by atoms with E-state index in [1.165, 1.54) is 6.92 Å². The van der Waals surface area contributed by atoms with Gasteiger partial charge >= 0.3 is 0 Å². The molecule has 2 heterocycles. The number of benzene rings is 1. The molecule has 2 aliphatic rings. The molecule has 8 nitrogen and oxygen atoms in total. The van der Waals surface area contributed by atoms with Crippen molar-refractivity contribution in [3.05, 3.63) is 41.6 Å². The number of rotatable bonds is 7. The SMILES string of the molecule is COCCC(=O)N1CCN(c2nc(C3CC3)c(-c3cccc(NC(C)=O)c3)cc2C#N)C[C@H]1C. The lowest BCUT2D eigenvalue weighted by Crippen LogP contribution is -2.54. The first-order valence-electron chi connectivity index (χ1n) is 11.8. The van der Waals surface area contributed by atoms with Gasteiger partial charge in [0.2, 0.25) is 11.8 Å². The number of amides is 2. The summed E-state index contributed by atoms with van der Waals surface area (Å²) in [6.07, 6.45) is 2.53. The Morgan fingerprint density at radius 2 is 2.06 bits per heavy atom. The van der Waals surface area contributed by atoms with E-state index in [0.717, 1.165) is 35.3 Å². The summed E-state index contributed by atoms with van der Waals surface area (Å²) in [5.41, 5.74) is 4.12. The number of pyridine rings is 1. The molecule has 8 heteroatoms. The molecule has 1 N–H and O–H groups in total. The first kappa shape index (κ1) is 23.7. The van der Waals surface area contributed by atoms with Gasteiger partial charge in [-0.2, -0.15) is 5.26 Å². The lowest BCUT2D eigenvalue weighted by Gasteiger charge is -2.41. The summed E-state index contributed by atoms with van der Waals surface area (Å²) in [7, 11) is 1.60. The van der Waals surface area contributed by atoms with Gasteiger partial charge in [0, 0.05) is 56.9 Å². The first-order valence-corrected chi connectivity index (χ1v) is 11.8. The van der Waals surface area contributed by atoms with E-state index in [9.17, 15) is 14.9 Å². The predicted octanol–water partition coefficient (Wildman–Crippen LogP) is 3.53. The van der Waals surface area contributed by atoms with E-state index in [0.29, 0.717) is 50.0 Å². The molecule has 1 saturated carbocycles. The third-order valence-corrected chi connectivity index (χ3v) is 6.38. The van der Waals surface area contributed by atoms with Crippen LogP contribution in [0.15, 0.2) is 30.3 Å². The van der Waals surface area contributed by atoms with E-state index in [-0.39, 0.29) is 17.9 Å². The van der Waals surface area contributed by atoms with Gasteiger partial charge < -0.3 is 19.9 Å². The fraction of sp³-hybridized carbons (Fsp3) is 0.462. The number of carbonyl (C=O) groups is 2. The quantitative estimate of drug-likeness (QED) is 0.677. The minimum Gasteiger partial charge on any atom is -0.384 e. The number of carbonyl (C=O) groups excluding carboxylic acids is 2. The lowest BCUT2D eigenvalue weighted by molar-refractivity contribution is -0.134. The number of hydrogen-bond donors (Lipinski definition) is 1. The van der Waals surface area contributed by atoms with Gasteiger partial charge in [-0.25, -0.2) is 4.98 Å². The van der Waals surface area contributed by atoms with Crippen LogP contribution in [0.1, 0.15) is 50.3 Å². The molecule has 0 unspecified atom stereocenters. The highest BCUT2D eigenvalue weighted by Crippen LogP contribution is 2.45. The third kappa shape index (κ3) is 5.20. The number of methoxy groups -OCH3 is 1. The van der Waals surface area contributed by atoms with Crippen LogP contribution in [-0.4, -0.2) is 61.1 Å². The van der Waals surface area contributed by atoms with Crippen molar-refractivity contribution in [3.8, 4) is 17.2 Å². The largest absolute Gasteiger partial charge is 0.384 e. The topological polar surface area (TPSA) is 98.6 Å². The molecule has 2 aromatic rings. The maximum absolute atomic E-state index is 12.5. The molecule has 1 aromatic heterocycles. The zero-order valence-electron chi connectivity index (χ0n) is 20.0. The number of nitrogens with one attached hydrogen (secondary N) is 1. The maximum atomic E-state index is 12.5. The van der Waals surface area contributed by atoms with Gasteiger partial charge in [-0.15, -0.1) is 0 Å². The van der Waals surface area contributed by atoms with Crippen LogP contribution in [0.3, 0.4) is 0 Å². The molecule has 1 aliphatic heterocycles. The van der Waals surface area contributed by atoms with Gasteiger partial charge in [0.1, 0.15) is 11.9 Å². The van der Waals surface area contributed by atoms with Crippen LogP contribution in [0.4, 0.5) is 11.5 Å². The number of nitriles is 1. The normalized spacial score (nSPS) is 17.9. The van der Waals surface area contributed by atoms with E-state index < -0.39 is 0 Å². The zero-order valence-corrected chi connectivity index (χ0v) is 20.0. The van der Waals surface area contributed by atoms with Crippen LogP contribution in [0.25, 0.3) is 11.1 Å². The van der Waals surface area contributed by atoms with Crippen LogP contribution < -0.4 is 10.2 Å². The maximum Gasteiger partial charge on any atom is 0.225 e. The van der Waals surface area contributed by atoms with E-state index >= 15 is 0 Å². The molecule has 1 atom stereocenters. The Hall–Kier alpha value is -3.44. The second-order valence-electron chi connectivity index (χ2n) is 9.07. The van der Waals surface area contributed by atoms with Gasteiger partial charge in [-0.3, -0.25) is 9.59 Å². The highest BCUT2D eigenvalue weighted by atomic mass is 16.5. The lowest BCUT2D eigenvalue weighted by atomic mass is 9.98. The molecule has 4 rings (SSSR count). The van der Waals surface area contributed by atoms with Crippen molar-refractivity contribution in [1.29, 1.82) is 5.26 Å². The Balaban J connectivity index is 1.63. The van der Waals surface area contributed by atoms with Crippen molar-refractivity contribution >= 4 is 23.3 Å². The van der Waals surface area contributed by atoms with Crippen molar-refractivity contribution in [3.63, 3.8) is 0 Å². The predicted molar refractivity (Wildman–Crippen MR) is 131 cm³/mol. The summed E-state index contributed by atoms with van der Waals surface area (Å²) in [5.74, 6) is 1.04. The smallest absolute Gasteiger partial charge is 0.225 e. The van der Waals surface area contributed by atoms with Crippen LogP contribution in [-0.2, 0) is 14.3 Å². The van der Waals surface area contributed by atoms with Crippen LogP contribution in [0, 0.1) is 11.3 Å². The van der Waals surface area contributed by atoms with Crippen LogP contribution in [0.5, 0.6) is 0 Å². The number of piperazine rings is 1. The number of aromatic nitrogens is 1. The minimum atomic E-state index is -0.125. The summed E-state index contributed by atoms with van der Waals surface area (Å²) in [4.78, 5) is 33.1. The molecule has 1 aromatic carbocycles. The Morgan fingerprint density at radius 1 is 1.26 bits per heavy atom. The Kier molecular flexibility index (Phi) is 7.13.